The van der Waals surface area contributed by atoms with Gasteiger partial charge < -0.3 is 37.3 Å². The molecule has 238 valence electrons. The van der Waals surface area contributed by atoms with E-state index >= 15 is 0 Å². The van der Waals surface area contributed by atoms with E-state index in [1.807, 2.05) is 27.7 Å². The predicted octanol–water partition coefficient (Wildman–Crippen LogP) is 1.30. The number of nitrogens with two attached hydrogens (primary N) is 2. The molecule has 3 aromatic rings. The van der Waals surface area contributed by atoms with E-state index in [0.717, 1.165) is 0 Å². The Bertz CT molecular complexity index is 1520. The summed E-state index contributed by atoms with van der Waals surface area (Å²) in [5, 5.41) is 18.2. The van der Waals surface area contributed by atoms with Crippen molar-refractivity contribution < 1.29 is 24.2 Å². The van der Waals surface area contributed by atoms with Crippen LogP contribution in [0.2, 0.25) is 0 Å². The number of hydrogen-bond acceptors (Lipinski definition) is 11. The van der Waals surface area contributed by atoms with Crippen molar-refractivity contribution in [1.29, 1.82) is 0 Å². The largest absolute Gasteiger partial charge is 0.480 e. The molecule has 9 N–H and O–H groups in total. The Morgan fingerprint density at radius 3 is 2.45 bits per heavy atom. The van der Waals surface area contributed by atoms with E-state index in [1.54, 1.807) is 12.1 Å². The maximum atomic E-state index is 12.8. The summed E-state index contributed by atoms with van der Waals surface area (Å²) in [5.41, 5.74) is 11.3. The lowest BCUT2D eigenvalue weighted by molar-refractivity contribution is -0.139. The lowest BCUT2D eigenvalue weighted by atomic mass is 9.99. The van der Waals surface area contributed by atoms with Crippen molar-refractivity contribution in [3.8, 4) is 0 Å². The van der Waals surface area contributed by atoms with Crippen LogP contribution in [0.5, 0.6) is 0 Å². The van der Waals surface area contributed by atoms with Crippen molar-refractivity contribution in [3.63, 3.8) is 0 Å². The minimum absolute atomic E-state index is 0.0490. The number of fused-ring (bicyclic) bond motifs is 1. The normalized spacial score (nSPS) is 12.5. The van der Waals surface area contributed by atoms with Crippen LogP contribution in [0.25, 0.3) is 11.2 Å². The number of anilines is 2. The van der Waals surface area contributed by atoms with Gasteiger partial charge in [-0.05, 0) is 77.8 Å². The van der Waals surface area contributed by atoms with Crippen LogP contribution >= 0.6 is 0 Å². The van der Waals surface area contributed by atoms with Gasteiger partial charge in [-0.3, -0.25) is 19.4 Å². The van der Waals surface area contributed by atoms with Crippen LogP contribution in [0.15, 0.2) is 35.3 Å². The lowest BCUT2D eigenvalue weighted by Crippen LogP contribution is -2.46. The molecule has 1 atom stereocenters. The number of amides is 2. The first-order valence-electron chi connectivity index (χ1n) is 14.2. The van der Waals surface area contributed by atoms with Crippen LogP contribution in [0.1, 0.15) is 69.4 Å². The first kappa shape index (κ1) is 33.9. The monoisotopic (exact) mass is 611 g/mol. The number of carboxylic acids is 1. The summed E-state index contributed by atoms with van der Waals surface area (Å²) in [7, 11) is 0. The fourth-order valence-corrected chi connectivity index (χ4v) is 4.27. The third-order valence-corrected chi connectivity index (χ3v) is 6.81. The van der Waals surface area contributed by atoms with Gasteiger partial charge in [-0.15, -0.1) is 0 Å². The Hall–Kier alpha value is -4.63. The quantitative estimate of drug-likeness (QED) is 0.121. The van der Waals surface area contributed by atoms with E-state index in [9.17, 15) is 24.3 Å². The molecular weight excluding hydrogens is 570 g/mol. The zero-order chi connectivity index (χ0) is 32.5. The first-order chi connectivity index (χ1) is 20.7. The standard InChI is InChI=1S/C29H41N9O6/c1-28(2,12-14-44-29(3,4)11-13-30)38-21(39)10-9-20(26(42)43)35-24(40)17-5-7-18(8-6-17)32-15-19-16-33-23-22(34-19)25(41)37-27(31)36-23/h5-8,16,20,32H,9-15,30H2,1-4H3,(H,35,40)(H,38,39)(H,42,43)(H3,31,33,36,37,41)/t20-/m0/s1. The molecule has 0 saturated carbocycles. The molecule has 3 rings (SSSR count). The highest BCUT2D eigenvalue weighted by Crippen LogP contribution is 2.17. The summed E-state index contributed by atoms with van der Waals surface area (Å²) in [6, 6.07) is 5.10. The van der Waals surface area contributed by atoms with Gasteiger partial charge in [0.15, 0.2) is 11.2 Å². The molecule has 0 saturated heterocycles. The lowest BCUT2D eigenvalue weighted by Gasteiger charge is -2.30. The number of hydrogen-bond donors (Lipinski definition) is 7. The molecule has 15 nitrogen and oxygen atoms in total. The molecule has 0 aliphatic carbocycles. The van der Waals surface area contributed by atoms with Gasteiger partial charge in [0.25, 0.3) is 11.5 Å². The van der Waals surface area contributed by atoms with Crippen LogP contribution in [-0.4, -0.2) is 73.2 Å². The summed E-state index contributed by atoms with van der Waals surface area (Å²) in [6.45, 7) is 8.82. The van der Waals surface area contributed by atoms with Crippen LogP contribution in [0.4, 0.5) is 11.6 Å². The number of aliphatic carboxylic acids is 1. The summed E-state index contributed by atoms with van der Waals surface area (Å²) < 4.78 is 5.88. The Kier molecular flexibility index (Phi) is 11.3. The number of rotatable bonds is 16. The second-order valence-electron chi connectivity index (χ2n) is 11.6. The van der Waals surface area contributed by atoms with Crippen LogP contribution < -0.4 is 33.0 Å². The van der Waals surface area contributed by atoms with E-state index in [1.165, 1.54) is 18.3 Å². The van der Waals surface area contributed by atoms with Gasteiger partial charge >= 0.3 is 5.97 Å². The summed E-state index contributed by atoms with van der Waals surface area (Å²) in [4.78, 5) is 63.9. The van der Waals surface area contributed by atoms with Gasteiger partial charge in [-0.2, -0.15) is 4.98 Å². The fraction of sp³-hybridized carbons (Fsp3) is 0.483. The Balaban J connectivity index is 1.49. The van der Waals surface area contributed by atoms with Crippen LogP contribution in [0, 0.1) is 0 Å². The van der Waals surface area contributed by atoms with Gasteiger partial charge in [0.1, 0.15) is 6.04 Å². The van der Waals surface area contributed by atoms with Crippen molar-refractivity contribution in [3.05, 3.63) is 52.1 Å². The molecule has 0 fully saturated rings. The van der Waals surface area contributed by atoms with Gasteiger partial charge in [-0.1, -0.05) is 0 Å². The molecule has 0 bridgehead atoms. The number of nitrogens with zero attached hydrogens (tertiary/aromatic N) is 3. The zero-order valence-electron chi connectivity index (χ0n) is 25.4. The van der Waals surface area contributed by atoms with Crippen molar-refractivity contribution in [2.75, 3.05) is 24.2 Å². The number of carboxylic acid groups (broad SMARTS) is 1. The molecule has 2 aromatic heterocycles. The summed E-state index contributed by atoms with van der Waals surface area (Å²) in [5.74, 6) is -2.21. The number of nitrogen functional groups attached to an aromatic ring is 1. The van der Waals surface area contributed by atoms with E-state index in [4.69, 9.17) is 16.2 Å². The van der Waals surface area contributed by atoms with Gasteiger partial charge in [0.05, 0.1) is 24.0 Å². The Labute approximate surface area is 254 Å². The number of aromatic amines is 1. The number of H-pyrrole nitrogens is 1. The van der Waals surface area contributed by atoms with E-state index in [-0.39, 0.29) is 53.6 Å². The Morgan fingerprint density at radius 1 is 1.09 bits per heavy atom. The van der Waals surface area contributed by atoms with Crippen molar-refractivity contribution in [2.45, 2.75) is 77.1 Å². The van der Waals surface area contributed by atoms with Gasteiger partial charge in [-0.25, -0.2) is 14.8 Å². The molecule has 15 heteroatoms. The molecule has 0 aliphatic rings. The topological polar surface area (TPSA) is 240 Å². The predicted molar refractivity (Wildman–Crippen MR) is 165 cm³/mol. The maximum absolute atomic E-state index is 12.8. The highest BCUT2D eigenvalue weighted by Gasteiger charge is 2.26. The SMILES string of the molecule is CC(C)(CCOC(C)(C)CCN)NC(=O)CC[C@H](NC(=O)c1ccc(NCc2cnc3nc(N)[nH]c(=O)c3n2)cc1)C(=O)O. The molecule has 2 heterocycles. The molecule has 0 spiro atoms. The average Bonchev–Trinajstić information content (AvgIpc) is 2.93. The number of carbonyl (C=O) groups excluding carboxylic acids is 2. The van der Waals surface area contributed by atoms with Gasteiger partial charge in [0, 0.05) is 29.8 Å². The smallest absolute Gasteiger partial charge is 0.326 e. The van der Waals surface area contributed by atoms with Crippen LogP contribution in [-0.2, 0) is 20.9 Å². The number of carbonyl (C=O) groups is 3. The minimum Gasteiger partial charge on any atom is -0.480 e. The molecule has 2 amide bonds. The van der Waals surface area contributed by atoms with Crippen molar-refractivity contribution in [2.24, 2.45) is 5.73 Å². The van der Waals surface area contributed by atoms with E-state index in [2.05, 4.69) is 35.9 Å². The molecule has 1 aromatic carbocycles. The first-order valence-corrected chi connectivity index (χ1v) is 14.2. The second-order valence-corrected chi connectivity index (χ2v) is 11.6. The number of benzene rings is 1. The van der Waals surface area contributed by atoms with Crippen molar-refractivity contribution >= 4 is 40.6 Å². The third kappa shape index (κ3) is 10.3. The van der Waals surface area contributed by atoms with Crippen LogP contribution in [0.3, 0.4) is 0 Å². The molecular formula is C29H41N9O6. The fourth-order valence-electron chi connectivity index (χ4n) is 4.27. The van der Waals surface area contributed by atoms with Crippen molar-refractivity contribution in [1.82, 2.24) is 30.6 Å². The highest BCUT2D eigenvalue weighted by molar-refractivity contribution is 5.97. The molecule has 0 radical (unpaired) electrons. The Morgan fingerprint density at radius 2 is 1.80 bits per heavy atom. The number of aromatic nitrogens is 4. The minimum atomic E-state index is -1.26. The highest BCUT2D eigenvalue weighted by atomic mass is 16.5. The number of nitrogens with one attached hydrogen (secondary N) is 4. The third-order valence-electron chi connectivity index (χ3n) is 6.81. The zero-order valence-corrected chi connectivity index (χ0v) is 25.4. The van der Waals surface area contributed by atoms with E-state index < -0.39 is 29.0 Å². The van der Waals surface area contributed by atoms with Gasteiger partial charge in [0.2, 0.25) is 11.9 Å². The molecule has 44 heavy (non-hydrogen) atoms. The molecule has 0 unspecified atom stereocenters. The summed E-state index contributed by atoms with van der Waals surface area (Å²) in [6.07, 6.45) is 2.57. The maximum Gasteiger partial charge on any atom is 0.326 e. The number of ether oxygens (including phenoxy) is 1. The average molecular weight is 612 g/mol. The van der Waals surface area contributed by atoms with E-state index in [0.29, 0.717) is 37.4 Å². The second kappa shape index (κ2) is 14.7. The molecule has 0 aliphatic heterocycles. The summed E-state index contributed by atoms with van der Waals surface area (Å²) >= 11 is 0.